The highest BCUT2D eigenvalue weighted by Crippen LogP contribution is 1.81. The van der Waals surface area contributed by atoms with E-state index in [-0.39, 0.29) is 19.0 Å². The smallest absolute Gasteiger partial charge is 0.303 e. The van der Waals surface area contributed by atoms with Crippen molar-refractivity contribution in [3.05, 3.63) is 0 Å². The lowest BCUT2D eigenvalue weighted by molar-refractivity contribution is -0.137. The molecule has 0 saturated carbocycles. The summed E-state index contributed by atoms with van der Waals surface area (Å²) in [4.78, 5) is 21.1. The first kappa shape index (κ1) is 25.6. The van der Waals surface area contributed by atoms with E-state index >= 15 is 0 Å². The summed E-state index contributed by atoms with van der Waals surface area (Å²) >= 11 is 0. The van der Waals surface area contributed by atoms with E-state index in [1.54, 1.807) is 13.8 Å². The molecule has 0 aromatic heterocycles. The van der Waals surface area contributed by atoms with Crippen molar-refractivity contribution in [3.8, 4) is 0 Å². The number of hydrogen-bond donors (Lipinski definition) is 3. The van der Waals surface area contributed by atoms with Crippen LogP contribution in [0.25, 0.3) is 0 Å². The van der Waals surface area contributed by atoms with E-state index in [1.807, 2.05) is 0 Å². The van der Waals surface area contributed by atoms with Crippen LogP contribution >= 0.6 is 0 Å². The third-order valence-corrected chi connectivity index (χ3v) is 1.95. The molecule has 0 unspecified atom stereocenters. The summed E-state index contributed by atoms with van der Waals surface area (Å²) in [5, 5.41) is 15.4. The molecular formula is C12H30N2O4. The normalized spacial score (nSPS) is 8.11. The fraction of sp³-hybridized carbons (Fsp3) is 0.833. The van der Waals surface area contributed by atoms with Crippen LogP contribution in [0.5, 0.6) is 0 Å². The highest BCUT2D eigenvalue weighted by Gasteiger charge is 1.89. The maximum atomic E-state index is 9.37. The first-order chi connectivity index (χ1) is 7.89. The first-order valence-corrected chi connectivity index (χ1v) is 6.05. The van der Waals surface area contributed by atoms with Crippen molar-refractivity contribution in [2.75, 3.05) is 19.6 Å². The van der Waals surface area contributed by atoms with Crippen LogP contribution < -0.4 is 6.15 Å². The molecule has 112 valence electrons. The van der Waals surface area contributed by atoms with Gasteiger partial charge in [-0.2, -0.15) is 0 Å². The predicted molar refractivity (Wildman–Crippen MR) is 74.3 cm³/mol. The number of nitrogens with zero attached hydrogens (tertiary/aromatic N) is 1. The van der Waals surface area contributed by atoms with Gasteiger partial charge in [-0.1, -0.05) is 34.6 Å². The maximum absolute atomic E-state index is 9.37. The lowest BCUT2D eigenvalue weighted by Crippen LogP contribution is -2.21. The number of carboxylic acids is 2. The number of aliphatic carboxylic acids is 2. The number of carboxylic acid groups (broad SMARTS) is 2. The van der Waals surface area contributed by atoms with Crippen LogP contribution in [0.2, 0.25) is 0 Å². The van der Waals surface area contributed by atoms with Gasteiger partial charge in [0.1, 0.15) is 0 Å². The van der Waals surface area contributed by atoms with Gasteiger partial charge < -0.3 is 21.3 Å². The van der Waals surface area contributed by atoms with Gasteiger partial charge in [0.2, 0.25) is 0 Å². The summed E-state index contributed by atoms with van der Waals surface area (Å²) in [5.41, 5.74) is 0. The third-order valence-electron chi connectivity index (χ3n) is 1.95. The summed E-state index contributed by atoms with van der Waals surface area (Å²) < 4.78 is 0. The van der Waals surface area contributed by atoms with Crippen LogP contribution in [0.4, 0.5) is 0 Å². The Morgan fingerprint density at radius 3 is 0.944 bits per heavy atom. The fourth-order valence-electron chi connectivity index (χ4n) is 0.671. The minimum absolute atomic E-state index is 0. The lowest BCUT2D eigenvalue weighted by Gasteiger charge is -2.13. The zero-order valence-corrected chi connectivity index (χ0v) is 12.4. The van der Waals surface area contributed by atoms with Gasteiger partial charge in [0.25, 0.3) is 0 Å². The van der Waals surface area contributed by atoms with Gasteiger partial charge in [-0.15, -0.1) is 0 Å². The summed E-state index contributed by atoms with van der Waals surface area (Å²) in [6, 6.07) is 0. The molecule has 18 heavy (non-hydrogen) atoms. The monoisotopic (exact) mass is 266 g/mol. The van der Waals surface area contributed by atoms with Crippen LogP contribution in [0.15, 0.2) is 0 Å². The molecule has 6 heteroatoms. The van der Waals surface area contributed by atoms with Crippen LogP contribution in [0.1, 0.15) is 47.5 Å². The van der Waals surface area contributed by atoms with Crippen LogP contribution in [-0.2, 0) is 9.59 Å². The molecule has 0 atom stereocenters. The molecule has 0 rings (SSSR count). The predicted octanol–water partition coefficient (Wildman–Crippen LogP) is 2.47. The average Bonchev–Trinajstić information content (AvgIpc) is 2.32. The Morgan fingerprint density at radius 2 is 0.944 bits per heavy atom. The highest BCUT2D eigenvalue weighted by molar-refractivity contribution is 5.66. The van der Waals surface area contributed by atoms with Crippen molar-refractivity contribution in [1.29, 1.82) is 0 Å². The van der Waals surface area contributed by atoms with Gasteiger partial charge in [0.05, 0.1) is 0 Å². The summed E-state index contributed by atoms with van der Waals surface area (Å²) in [6.07, 6.45) is 0.444. The van der Waals surface area contributed by atoms with Crippen molar-refractivity contribution in [3.63, 3.8) is 0 Å². The van der Waals surface area contributed by atoms with E-state index < -0.39 is 11.9 Å². The second-order valence-electron chi connectivity index (χ2n) is 3.11. The molecule has 6 nitrogen and oxygen atoms in total. The molecule has 0 heterocycles. The molecule has 0 aromatic carbocycles. The molecule has 0 bridgehead atoms. The van der Waals surface area contributed by atoms with Gasteiger partial charge in [-0.05, 0) is 19.6 Å². The van der Waals surface area contributed by atoms with Gasteiger partial charge in [0, 0.05) is 12.8 Å². The maximum Gasteiger partial charge on any atom is 0.303 e. The highest BCUT2D eigenvalue weighted by atomic mass is 16.4. The molecule has 0 aliphatic heterocycles. The summed E-state index contributed by atoms with van der Waals surface area (Å²) in [6.45, 7) is 13.3. The molecule has 0 aromatic rings. The van der Waals surface area contributed by atoms with Crippen LogP contribution in [0, 0.1) is 0 Å². The Balaban J connectivity index is -0.0000000813. The van der Waals surface area contributed by atoms with E-state index in [4.69, 9.17) is 10.2 Å². The third kappa shape index (κ3) is 36.4. The zero-order valence-electron chi connectivity index (χ0n) is 12.4. The van der Waals surface area contributed by atoms with E-state index in [1.165, 1.54) is 19.6 Å². The fourth-order valence-corrected chi connectivity index (χ4v) is 0.671. The minimum Gasteiger partial charge on any atom is -0.481 e. The lowest BCUT2D eigenvalue weighted by atomic mass is 10.5. The molecular weight excluding hydrogens is 236 g/mol. The second kappa shape index (κ2) is 21.2. The molecule has 0 saturated heterocycles. The van der Waals surface area contributed by atoms with E-state index in [0.717, 1.165) is 0 Å². The molecule has 0 fully saturated rings. The van der Waals surface area contributed by atoms with Crippen molar-refractivity contribution in [2.24, 2.45) is 0 Å². The molecule has 0 aliphatic carbocycles. The first-order valence-electron chi connectivity index (χ1n) is 6.05. The number of carbonyl (C=O) groups is 2. The summed E-state index contributed by atoms with van der Waals surface area (Å²) in [7, 11) is 0. The SMILES string of the molecule is CCC(=O)O.CCC(=O)O.CCN(CC)CC.N. The standard InChI is InChI=1S/C6H15N.2C3H6O2.H3N/c1-4-7(5-2)6-3;2*1-2-3(4)5;/h4-6H2,1-3H3;2*2H2,1H3,(H,4,5);1H3. The molecule has 0 amide bonds. The zero-order chi connectivity index (χ0) is 14.3. The van der Waals surface area contributed by atoms with Gasteiger partial charge in [0.15, 0.2) is 0 Å². The number of hydrogen-bond acceptors (Lipinski definition) is 4. The Hall–Kier alpha value is -1.14. The van der Waals surface area contributed by atoms with Gasteiger partial charge in [-0.3, -0.25) is 9.59 Å². The number of rotatable bonds is 5. The van der Waals surface area contributed by atoms with E-state index in [2.05, 4.69) is 25.7 Å². The van der Waals surface area contributed by atoms with Crippen molar-refractivity contribution in [2.45, 2.75) is 47.5 Å². The van der Waals surface area contributed by atoms with E-state index in [9.17, 15) is 9.59 Å². The summed E-state index contributed by atoms with van der Waals surface area (Å²) in [5.74, 6) is -1.49. The van der Waals surface area contributed by atoms with Crippen molar-refractivity contribution < 1.29 is 19.8 Å². The molecule has 0 spiro atoms. The molecule has 5 N–H and O–H groups in total. The minimum atomic E-state index is -0.745. The van der Waals surface area contributed by atoms with E-state index in [0.29, 0.717) is 0 Å². The average molecular weight is 266 g/mol. The Kier molecular flexibility index (Phi) is 30.2. The van der Waals surface area contributed by atoms with Crippen molar-refractivity contribution >= 4 is 11.9 Å². The van der Waals surface area contributed by atoms with Crippen molar-refractivity contribution in [1.82, 2.24) is 11.1 Å². The van der Waals surface area contributed by atoms with Crippen LogP contribution in [-0.4, -0.2) is 46.7 Å². The quantitative estimate of drug-likeness (QED) is 0.704. The second-order valence-corrected chi connectivity index (χ2v) is 3.11. The Morgan fingerprint density at radius 1 is 0.778 bits per heavy atom. The largest absolute Gasteiger partial charge is 0.481 e. The van der Waals surface area contributed by atoms with Gasteiger partial charge in [-0.25, -0.2) is 0 Å². The molecule has 0 radical (unpaired) electrons. The Labute approximate surface area is 111 Å². The van der Waals surface area contributed by atoms with Gasteiger partial charge >= 0.3 is 11.9 Å². The topological polar surface area (TPSA) is 113 Å². The Bertz CT molecular complexity index is 163. The molecule has 0 aliphatic rings. The van der Waals surface area contributed by atoms with Crippen LogP contribution in [0.3, 0.4) is 0 Å².